The SMILES string of the molecule is CC(Cl)C(Cl)S(=O)(=O)O. The van der Waals surface area contributed by atoms with E-state index >= 15 is 0 Å². The molecule has 2 unspecified atom stereocenters. The normalized spacial score (nSPS) is 19.1. The third-order valence-electron chi connectivity index (χ3n) is 0.646. The van der Waals surface area contributed by atoms with Gasteiger partial charge in [-0.05, 0) is 6.92 Å². The zero-order valence-corrected chi connectivity index (χ0v) is 6.91. The monoisotopic (exact) mass is 192 g/mol. The van der Waals surface area contributed by atoms with E-state index in [0.717, 1.165) is 0 Å². The van der Waals surface area contributed by atoms with Crippen LogP contribution in [0.2, 0.25) is 0 Å². The van der Waals surface area contributed by atoms with Crippen molar-refractivity contribution in [2.75, 3.05) is 0 Å². The summed E-state index contributed by atoms with van der Waals surface area (Å²) in [6, 6.07) is 0. The van der Waals surface area contributed by atoms with E-state index in [1.165, 1.54) is 6.92 Å². The highest BCUT2D eigenvalue weighted by Gasteiger charge is 2.24. The van der Waals surface area contributed by atoms with Crippen LogP contribution in [-0.4, -0.2) is 23.1 Å². The minimum absolute atomic E-state index is 0.790. The quantitative estimate of drug-likeness (QED) is 0.527. The van der Waals surface area contributed by atoms with Crippen molar-refractivity contribution >= 4 is 33.3 Å². The van der Waals surface area contributed by atoms with Gasteiger partial charge in [0.2, 0.25) is 0 Å². The van der Waals surface area contributed by atoms with Crippen LogP contribution >= 0.6 is 23.2 Å². The summed E-state index contributed by atoms with van der Waals surface area (Å²) < 4.78 is 27.0. The molecule has 0 amide bonds. The topological polar surface area (TPSA) is 54.4 Å². The van der Waals surface area contributed by atoms with E-state index in [1.807, 2.05) is 0 Å². The summed E-state index contributed by atoms with van der Waals surface area (Å²) in [5.74, 6) is 0. The molecule has 0 radical (unpaired) electrons. The maximum Gasteiger partial charge on any atom is 0.283 e. The third-order valence-corrected chi connectivity index (χ3v) is 3.21. The van der Waals surface area contributed by atoms with Crippen molar-refractivity contribution in [2.24, 2.45) is 0 Å². The molecule has 0 aromatic heterocycles. The Kier molecular flexibility index (Phi) is 3.22. The lowest BCUT2D eigenvalue weighted by Gasteiger charge is -2.05. The Morgan fingerprint density at radius 3 is 1.78 bits per heavy atom. The van der Waals surface area contributed by atoms with Crippen molar-refractivity contribution in [2.45, 2.75) is 17.0 Å². The van der Waals surface area contributed by atoms with Crippen molar-refractivity contribution in [1.29, 1.82) is 0 Å². The highest BCUT2D eigenvalue weighted by molar-refractivity contribution is 7.87. The van der Waals surface area contributed by atoms with E-state index in [2.05, 4.69) is 0 Å². The first-order valence-corrected chi connectivity index (χ1v) is 4.47. The molecule has 2 atom stereocenters. The third kappa shape index (κ3) is 3.25. The van der Waals surface area contributed by atoms with Crippen molar-refractivity contribution in [3.63, 3.8) is 0 Å². The van der Waals surface area contributed by atoms with Crippen molar-refractivity contribution < 1.29 is 13.0 Å². The highest BCUT2D eigenvalue weighted by atomic mass is 35.5. The van der Waals surface area contributed by atoms with Gasteiger partial charge in [0.25, 0.3) is 10.1 Å². The van der Waals surface area contributed by atoms with Gasteiger partial charge in [-0.25, -0.2) is 0 Å². The lowest BCUT2D eigenvalue weighted by molar-refractivity contribution is 0.478. The molecule has 56 valence electrons. The van der Waals surface area contributed by atoms with Crippen molar-refractivity contribution in [3.05, 3.63) is 0 Å². The number of rotatable bonds is 2. The summed E-state index contributed by atoms with van der Waals surface area (Å²) in [4.78, 5) is 0. The lowest BCUT2D eigenvalue weighted by Crippen LogP contribution is -2.21. The summed E-state index contributed by atoms with van der Waals surface area (Å²) in [7, 11) is -4.17. The second kappa shape index (κ2) is 3.05. The molecule has 0 aliphatic carbocycles. The van der Waals surface area contributed by atoms with Crippen LogP contribution in [0, 0.1) is 0 Å². The zero-order valence-electron chi connectivity index (χ0n) is 4.58. The molecule has 0 aliphatic heterocycles. The van der Waals surface area contributed by atoms with Gasteiger partial charge in [-0.15, -0.1) is 23.2 Å². The molecule has 0 aromatic rings. The van der Waals surface area contributed by atoms with Crippen LogP contribution in [0.25, 0.3) is 0 Å². The molecule has 0 heterocycles. The van der Waals surface area contributed by atoms with Crippen LogP contribution in [0.15, 0.2) is 0 Å². The Labute approximate surface area is 63.7 Å². The summed E-state index contributed by atoms with van der Waals surface area (Å²) >= 11 is 10.4. The Bertz CT molecular complexity index is 173. The molecule has 1 N–H and O–H groups in total. The number of alkyl halides is 2. The molecule has 6 heteroatoms. The van der Waals surface area contributed by atoms with Crippen LogP contribution in [0.5, 0.6) is 0 Å². The van der Waals surface area contributed by atoms with Crippen LogP contribution in [0.3, 0.4) is 0 Å². The van der Waals surface area contributed by atoms with Gasteiger partial charge < -0.3 is 0 Å². The highest BCUT2D eigenvalue weighted by Crippen LogP contribution is 2.13. The Balaban J connectivity index is 4.24. The average molecular weight is 193 g/mol. The Morgan fingerprint density at radius 2 is 1.78 bits per heavy atom. The predicted molar refractivity (Wildman–Crippen MR) is 36.5 cm³/mol. The minimum atomic E-state index is -4.17. The molecule has 3 nitrogen and oxygen atoms in total. The van der Waals surface area contributed by atoms with Gasteiger partial charge in [0, 0.05) is 0 Å². The first kappa shape index (κ1) is 9.49. The zero-order chi connectivity index (χ0) is 7.65. The summed E-state index contributed by atoms with van der Waals surface area (Å²) in [6.07, 6.45) is 0. The van der Waals surface area contributed by atoms with Gasteiger partial charge in [0.15, 0.2) is 4.71 Å². The Morgan fingerprint density at radius 1 is 1.44 bits per heavy atom. The molecular formula is C3H6Cl2O3S. The Hall–Kier alpha value is 0.490. The van der Waals surface area contributed by atoms with E-state index in [1.54, 1.807) is 0 Å². The summed E-state index contributed by atoms with van der Waals surface area (Å²) in [6.45, 7) is 1.38. The van der Waals surface area contributed by atoms with Crippen molar-refractivity contribution in [1.82, 2.24) is 0 Å². The van der Waals surface area contributed by atoms with Crippen LogP contribution in [0.1, 0.15) is 6.92 Å². The maximum absolute atomic E-state index is 10.1. The first-order chi connectivity index (χ1) is 3.85. The maximum atomic E-state index is 10.1. The lowest BCUT2D eigenvalue weighted by atomic mass is 10.6. The van der Waals surface area contributed by atoms with Crippen LogP contribution in [-0.2, 0) is 10.1 Å². The molecule has 0 aliphatic rings. The molecule has 0 saturated carbocycles. The molecule has 0 rings (SSSR count). The van der Waals surface area contributed by atoms with Crippen LogP contribution in [0.4, 0.5) is 0 Å². The predicted octanol–water partition coefficient (Wildman–Crippen LogP) is 1.07. The van der Waals surface area contributed by atoms with E-state index in [9.17, 15) is 8.42 Å². The van der Waals surface area contributed by atoms with E-state index in [0.29, 0.717) is 0 Å². The van der Waals surface area contributed by atoms with E-state index in [4.69, 9.17) is 27.8 Å². The second-order valence-electron chi connectivity index (χ2n) is 1.54. The minimum Gasteiger partial charge on any atom is -0.284 e. The van der Waals surface area contributed by atoms with Gasteiger partial charge in [-0.3, -0.25) is 4.55 Å². The molecular weight excluding hydrogens is 187 g/mol. The first-order valence-electron chi connectivity index (χ1n) is 2.10. The van der Waals surface area contributed by atoms with E-state index in [-0.39, 0.29) is 0 Å². The fraction of sp³-hybridized carbons (Fsp3) is 1.00. The average Bonchev–Trinajstić information content (AvgIpc) is 1.62. The molecule has 0 aromatic carbocycles. The largest absolute Gasteiger partial charge is 0.284 e. The summed E-state index contributed by atoms with van der Waals surface area (Å²) in [5.41, 5.74) is 0. The summed E-state index contributed by atoms with van der Waals surface area (Å²) in [5, 5.41) is -0.790. The molecule has 0 bridgehead atoms. The standard InChI is InChI=1S/C3H6Cl2O3S/c1-2(4)3(5)9(6,7)8/h2-3H,1H3,(H,6,7,8). The number of hydrogen-bond acceptors (Lipinski definition) is 2. The second-order valence-corrected chi connectivity index (χ2v) is 4.50. The van der Waals surface area contributed by atoms with Gasteiger partial charge in [0.05, 0.1) is 5.38 Å². The van der Waals surface area contributed by atoms with Crippen molar-refractivity contribution in [3.8, 4) is 0 Å². The molecule has 0 saturated heterocycles. The number of hydrogen-bond donors (Lipinski definition) is 1. The number of halogens is 2. The van der Waals surface area contributed by atoms with E-state index < -0.39 is 20.2 Å². The smallest absolute Gasteiger partial charge is 0.283 e. The van der Waals surface area contributed by atoms with Gasteiger partial charge in [0.1, 0.15) is 0 Å². The fourth-order valence-electron chi connectivity index (χ4n) is 0.237. The molecule has 0 spiro atoms. The molecule has 0 fully saturated rings. The van der Waals surface area contributed by atoms with Gasteiger partial charge in [-0.2, -0.15) is 8.42 Å². The van der Waals surface area contributed by atoms with Crippen LogP contribution < -0.4 is 0 Å². The fourth-order valence-corrected chi connectivity index (χ4v) is 1.10. The van der Waals surface area contributed by atoms with Gasteiger partial charge in [-0.1, -0.05) is 0 Å². The van der Waals surface area contributed by atoms with Gasteiger partial charge >= 0.3 is 0 Å². The molecule has 9 heavy (non-hydrogen) atoms.